The van der Waals surface area contributed by atoms with Crippen LogP contribution >= 0.6 is 11.3 Å². The van der Waals surface area contributed by atoms with Crippen LogP contribution in [0.15, 0.2) is 59.2 Å². The van der Waals surface area contributed by atoms with E-state index in [9.17, 15) is 13.2 Å². The van der Waals surface area contributed by atoms with Gasteiger partial charge in [-0.25, -0.2) is 13.1 Å². The smallest absolute Gasteiger partial charge is 0.274 e. The van der Waals surface area contributed by atoms with E-state index in [0.717, 1.165) is 43.6 Å². The number of hydrogen-bond acceptors (Lipinski definition) is 9. The number of nitrogens with zero attached hydrogens (tertiary/aromatic N) is 5. The van der Waals surface area contributed by atoms with E-state index in [4.69, 9.17) is 9.47 Å². The summed E-state index contributed by atoms with van der Waals surface area (Å²) < 4.78 is 43.3. The highest BCUT2D eigenvalue weighted by atomic mass is 32.2. The molecule has 2 aliphatic rings. The highest BCUT2D eigenvalue weighted by molar-refractivity contribution is 7.91. The Kier molecular flexibility index (Phi) is 8.12. The van der Waals surface area contributed by atoms with E-state index in [0.29, 0.717) is 36.1 Å². The van der Waals surface area contributed by atoms with E-state index >= 15 is 0 Å². The number of rotatable bonds is 9. The quantitative estimate of drug-likeness (QED) is 0.290. The van der Waals surface area contributed by atoms with Crippen molar-refractivity contribution >= 4 is 37.4 Å². The average molecular weight is 637 g/mol. The zero-order valence-corrected chi connectivity index (χ0v) is 27.0. The van der Waals surface area contributed by atoms with E-state index in [-0.39, 0.29) is 16.7 Å². The Morgan fingerprint density at radius 3 is 2.82 bits per heavy atom. The fourth-order valence-corrected chi connectivity index (χ4v) is 8.94. The maximum Gasteiger partial charge on any atom is 0.274 e. The molecule has 0 aliphatic carbocycles. The first-order valence-corrected chi connectivity index (χ1v) is 16.8. The molecule has 2 aliphatic heterocycles. The summed E-state index contributed by atoms with van der Waals surface area (Å²) in [6.45, 7) is 7.47. The minimum absolute atomic E-state index is 0.0592. The minimum atomic E-state index is -4.06. The molecule has 13 heteroatoms. The molecule has 2 aromatic heterocycles. The van der Waals surface area contributed by atoms with Crippen LogP contribution in [0.1, 0.15) is 48.7 Å². The third-order valence-electron chi connectivity index (χ3n) is 8.35. The highest BCUT2D eigenvalue weighted by Gasteiger charge is 2.38. The summed E-state index contributed by atoms with van der Waals surface area (Å²) in [5.74, 6) is 1.05. The summed E-state index contributed by atoms with van der Waals surface area (Å²) in [5.41, 5.74) is 3.34. The van der Waals surface area contributed by atoms with E-state index < -0.39 is 22.0 Å². The van der Waals surface area contributed by atoms with Crippen LogP contribution in [0.25, 0.3) is 10.1 Å². The largest absolute Gasteiger partial charge is 0.497 e. The van der Waals surface area contributed by atoms with Gasteiger partial charge >= 0.3 is 0 Å². The lowest BCUT2D eigenvalue weighted by Gasteiger charge is -2.30. The molecule has 2 unspecified atom stereocenters. The van der Waals surface area contributed by atoms with Crippen molar-refractivity contribution in [3.8, 4) is 11.5 Å². The van der Waals surface area contributed by atoms with Crippen LogP contribution in [0.3, 0.4) is 0 Å². The van der Waals surface area contributed by atoms with Gasteiger partial charge in [0.25, 0.3) is 10.0 Å². The lowest BCUT2D eigenvalue weighted by molar-refractivity contribution is -0.124. The van der Waals surface area contributed by atoms with Crippen molar-refractivity contribution in [1.82, 2.24) is 29.5 Å². The zero-order chi connectivity index (χ0) is 31.2. The van der Waals surface area contributed by atoms with Gasteiger partial charge in [-0.15, -0.1) is 16.4 Å². The lowest BCUT2D eigenvalue weighted by atomic mass is 9.98. The van der Waals surface area contributed by atoms with E-state index in [2.05, 4.69) is 59.6 Å². The number of amides is 1. The standard InChI is InChI=1S/C31H36N6O5S2/c1-19(2)35(4)17-21-6-8-25-26(10-13-42-28(25)14-21)36-18-22(33-34-36)15-27-30(38)32-11-12-37(27)44(39,40)31-20(3)24-9-7-23(41-5)16-29(24)43-31/h6-9,11-12,14,16,18-19,26-27H,10,13,15,17H2,1-5H3,(H,32,38). The second-order valence-electron chi connectivity index (χ2n) is 11.5. The molecule has 0 saturated heterocycles. The van der Waals surface area contributed by atoms with Crippen LogP contribution in [-0.4, -0.2) is 71.4 Å². The number of sulfonamides is 1. The number of carbonyl (C=O) groups excluding carboxylic acids is 1. The second-order valence-corrected chi connectivity index (χ2v) is 14.6. The van der Waals surface area contributed by atoms with Gasteiger partial charge in [0.1, 0.15) is 21.8 Å². The Balaban J connectivity index is 1.25. The molecule has 1 amide bonds. The molecule has 4 aromatic rings. The molecule has 1 N–H and O–H groups in total. The first-order valence-electron chi connectivity index (χ1n) is 14.5. The van der Waals surface area contributed by atoms with Crippen molar-refractivity contribution in [2.75, 3.05) is 20.8 Å². The predicted octanol–water partition coefficient (Wildman–Crippen LogP) is 4.22. The molecule has 6 rings (SSSR count). The van der Waals surface area contributed by atoms with Crippen molar-refractivity contribution in [3.05, 3.63) is 77.4 Å². The number of methoxy groups -OCH3 is 1. The average Bonchev–Trinajstić information content (AvgIpc) is 3.61. The maximum absolute atomic E-state index is 14.0. The predicted molar refractivity (Wildman–Crippen MR) is 168 cm³/mol. The van der Waals surface area contributed by atoms with Gasteiger partial charge in [-0.05, 0) is 68.6 Å². The molecule has 4 heterocycles. The second kappa shape index (κ2) is 11.9. The Morgan fingerprint density at radius 2 is 2.05 bits per heavy atom. The first kappa shape index (κ1) is 30.1. The number of aryl methyl sites for hydroxylation is 1. The van der Waals surface area contributed by atoms with E-state index in [1.165, 1.54) is 18.0 Å². The summed E-state index contributed by atoms with van der Waals surface area (Å²) in [4.78, 5) is 15.4. The van der Waals surface area contributed by atoms with Gasteiger partial charge in [0, 0.05) is 54.3 Å². The first-order chi connectivity index (χ1) is 21.1. The number of benzene rings is 2. The fourth-order valence-electron chi connectivity index (χ4n) is 5.61. The third-order valence-corrected chi connectivity index (χ3v) is 12.0. The molecule has 2 aromatic carbocycles. The molecule has 232 valence electrons. The highest BCUT2D eigenvalue weighted by Crippen LogP contribution is 2.39. The number of fused-ring (bicyclic) bond motifs is 2. The van der Waals surface area contributed by atoms with Crippen LogP contribution in [-0.2, 0) is 27.8 Å². The summed E-state index contributed by atoms with van der Waals surface area (Å²) in [6.07, 6.45) is 5.33. The van der Waals surface area contributed by atoms with E-state index in [1.54, 1.807) is 31.0 Å². The van der Waals surface area contributed by atoms with Crippen LogP contribution in [0.5, 0.6) is 11.5 Å². The molecular formula is C31H36N6O5S2. The number of nitrogens with one attached hydrogen (secondary N) is 1. The number of ether oxygens (including phenoxy) is 2. The third kappa shape index (κ3) is 5.55. The minimum Gasteiger partial charge on any atom is -0.497 e. The molecular weight excluding hydrogens is 601 g/mol. The Bertz CT molecular complexity index is 1850. The summed E-state index contributed by atoms with van der Waals surface area (Å²) >= 11 is 1.16. The SMILES string of the molecule is COc1ccc2c(C)c(S(=O)(=O)N3C=CNC(=O)C3Cc3cn(C4CCOc5cc(CN(C)C(C)C)ccc54)nn3)sc2c1. The Hall–Kier alpha value is -3.94. The summed E-state index contributed by atoms with van der Waals surface area (Å²) in [7, 11) is -0.391. The lowest BCUT2D eigenvalue weighted by Crippen LogP contribution is -2.50. The van der Waals surface area contributed by atoms with Crippen molar-refractivity contribution in [3.63, 3.8) is 0 Å². The molecule has 11 nitrogen and oxygen atoms in total. The van der Waals surface area contributed by atoms with Crippen LogP contribution in [0.4, 0.5) is 0 Å². The van der Waals surface area contributed by atoms with Gasteiger partial charge in [-0.2, -0.15) is 0 Å². The molecule has 0 radical (unpaired) electrons. The normalized spacial score (nSPS) is 18.5. The zero-order valence-electron chi connectivity index (χ0n) is 25.4. The van der Waals surface area contributed by atoms with Crippen LogP contribution in [0.2, 0.25) is 0 Å². The van der Waals surface area contributed by atoms with Crippen molar-refractivity contribution in [2.45, 2.75) is 62.5 Å². The Labute approximate surface area is 261 Å². The fraction of sp³-hybridized carbons (Fsp3) is 0.387. The van der Waals surface area contributed by atoms with Gasteiger partial charge in [0.2, 0.25) is 5.91 Å². The van der Waals surface area contributed by atoms with Gasteiger partial charge in [-0.1, -0.05) is 17.3 Å². The Morgan fingerprint density at radius 1 is 1.23 bits per heavy atom. The molecule has 2 atom stereocenters. The molecule has 44 heavy (non-hydrogen) atoms. The number of hydrogen-bond donors (Lipinski definition) is 1. The summed E-state index contributed by atoms with van der Waals surface area (Å²) in [6, 6.07) is 11.1. The van der Waals surface area contributed by atoms with Gasteiger partial charge in [0.15, 0.2) is 0 Å². The van der Waals surface area contributed by atoms with Crippen LogP contribution in [0, 0.1) is 6.92 Å². The number of thiophene rings is 1. The van der Waals surface area contributed by atoms with Crippen LogP contribution < -0.4 is 14.8 Å². The topological polar surface area (TPSA) is 119 Å². The van der Waals surface area contributed by atoms with Crippen molar-refractivity contribution < 1.29 is 22.7 Å². The molecule has 0 spiro atoms. The van der Waals surface area contributed by atoms with Crippen molar-refractivity contribution in [2.24, 2.45) is 0 Å². The molecule has 0 saturated carbocycles. The molecule has 0 bridgehead atoms. The van der Waals surface area contributed by atoms with Crippen molar-refractivity contribution in [1.29, 1.82) is 0 Å². The van der Waals surface area contributed by atoms with Gasteiger partial charge in [0.05, 0.1) is 25.5 Å². The van der Waals surface area contributed by atoms with Gasteiger partial charge in [-0.3, -0.25) is 14.0 Å². The number of aromatic nitrogens is 3. The number of carbonyl (C=O) groups is 1. The van der Waals surface area contributed by atoms with Gasteiger partial charge < -0.3 is 14.8 Å². The maximum atomic E-state index is 14.0. The van der Waals surface area contributed by atoms with E-state index in [1.807, 2.05) is 12.1 Å². The monoisotopic (exact) mass is 636 g/mol. The molecule has 0 fully saturated rings. The summed E-state index contributed by atoms with van der Waals surface area (Å²) in [5, 5.41) is 12.2.